The fraction of sp³-hybridized carbons (Fsp3) is 0.208. The van der Waals surface area contributed by atoms with Crippen molar-refractivity contribution in [2.45, 2.75) is 12.3 Å². The zero-order valence-corrected chi connectivity index (χ0v) is 16.2. The highest BCUT2D eigenvalue weighted by molar-refractivity contribution is 5.79. The van der Waals surface area contributed by atoms with E-state index >= 15 is 0 Å². The molecule has 0 bridgehead atoms. The summed E-state index contributed by atoms with van der Waals surface area (Å²) in [6.07, 6.45) is 0.179. The lowest BCUT2D eigenvalue weighted by molar-refractivity contribution is 0.143. The summed E-state index contributed by atoms with van der Waals surface area (Å²) in [5.41, 5.74) is 5.76. The van der Waals surface area contributed by atoms with Crippen molar-refractivity contribution in [1.29, 1.82) is 0 Å². The molecule has 1 aliphatic rings. The summed E-state index contributed by atoms with van der Waals surface area (Å²) in [7, 11) is 1.51. The molecule has 0 atom stereocenters. The Morgan fingerprint density at radius 1 is 1.00 bits per heavy atom. The summed E-state index contributed by atoms with van der Waals surface area (Å²) in [6.45, 7) is 0.734. The molecule has 0 radical (unpaired) electrons. The van der Waals surface area contributed by atoms with Crippen LogP contribution in [-0.4, -0.2) is 31.5 Å². The number of phenols is 1. The fourth-order valence-electron chi connectivity index (χ4n) is 3.84. The van der Waals surface area contributed by atoms with Crippen LogP contribution in [0.5, 0.6) is 11.5 Å². The zero-order valence-electron chi connectivity index (χ0n) is 16.2. The molecule has 148 valence electrons. The molecule has 2 N–H and O–H groups in total. The van der Waals surface area contributed by atoms with Gasteiger partial charge in [0.05, 0.1) is 7.11 Å². The van der Waals surface area contributed by atoms with Crippen LogP contribution in [0, 0.1) is 0 Å². The smallest absolute Gasteiger partial charge is 0.407 e. The van der Waals surface area contributed by atoms with E-state index in [1.807, 2.05) is 24.3 Å². The highest BCUT2D eigenvalue weighted by Crippen LogP contribution is 2.44. The number of fused-ring (bicyclic) bond motifs is 3. The number of carbonyl (C=O) groups is 1. The van der Waals surface area contributed by atoms with E-state index in [4.69, 9.17) is 9.47 Å². The summed E-state index contributed by atoms with van der Waals surface area (Å²) >= 11 is 0. The van der Waals surface area contributed by atoms with Gasteiger partial charge in [0.15, 0.2) is 11.5 Å². The van der Waals surface area contributed by atoms with Crippen molar-refractivity contribution < 1.29 is 19.4 Å². The topological polar surface area (TPSA) is 67.8 Å². The number of alkyl carbamates (subject to hydrolysis) is 1. The number of carbonyl (C=O) groups excluding carboxylic acids is 1. The second-order valence-electron chi connectivity index (χ2n) is 7.01. The molecule has 3 aromatic carbocycles. The van der Waals surface area contributed by atoms with E-state index in [1.165, 1.54) is 29.4 Å². The van der Waals surface area contributed by atoms with Gasteiger partial charge in [-0.1, -0.05) is 54.6 Å². The van der Waals surface area contributed by atoms with Gasteiger partial charge in [0.1, 0.15) is 6.61 Å². The van der Waals surface area contributed by atoms with Crippen molar-refractivity contribution in [1.82, 2.24) is 5.32 Å². The largest absolute Gasteiger partial charge is 0.504 e. The Morgan fingerprint density at radius 3 is 2.31 bits per heavy atom. The first kappa shape index (κ1) is 18.9. The van der Waals surface area contributed by atoms with Crippen LogP contribution < -0.4 is 10.1 Å². The molecule has 0 heterocycles. The van der Waals surface area contributed by atoms with E-state index in [1.54, 1.807) is 18.2 Å². The normalized spacial score (nSPS) is 12.2. The lowest BCUT2D eigenvalue weighted by Crippen LogP contribution is -2.28. The molecular weight excluding hydrogens is 366 g/mol. The van der Waals surface area contributed by atoms with Crippen LogP contribution in [0.4, 0.5) is 4.79 Å². The third-order valence-corrected chi connectivity index (χ3v) is 5.27. The van der Waals surface area contributed by atoms with Gasteiger partial charge < -0.3 is 19.9 Å². The second kappa shape index (κ2) is 8.27. The molecule has 3 aromatic rings. The number of hydrogen-bond donors (Lipinski definition) is 2. The van der Waals surface area contributed by atoms with Gasteiger partial charge in [-0.15, -0.1) is 0 Å². The van der Waals surface area contributed by atoms with Crippen molar-refractivity contribution in [2.24, 2.45) is 0 Å². The summed E-state index contributed by atoms with van der Waals surface area (Å²) < 4.78 is 10.6. The van der Waals surface area contributed by atoms with Gasteiger partial charge >= 0.3 is 6.09 Å². The van der Waals surface area contributed by atoms with Gasteiger partial charge in [0.2, 0.25) is 0 Å². The predicted octanol–water partition coefficient (Wildman–Crippen LogP) is 4.48. The number of nitrogens with one attached hydrogen (secondary N) is 1. The Bertz CT molecular complexity index is 985. The third-order valence-electron chi connectivity index (χ3n) is 5.27. The molecule has 29 heavy (non-hydrogen) atoms. The first-order valence-corrected chi connectivity index (χ1v) is 9.62. The number of ether oxygens (including phenoxy) is 2. The van der Waals surface area contributed by atoms with Gasteiger partial charge in [-0.3, -0.25) is 0 Å². The number of phenolic OH excluding ortho intramolecular Hbond substituents is 1. The molecule has 0 saturated carbocycles. The summed E-state index contributed by atoms with van der Waals surface area (Å²) in [5, 5.41) is 12.4. The zero-order chi connectivity index (χ0) is 20.2. The molecule has 0 aromatic heterocycles. The minimum Gasteiger partial charge on any atom is -0.504 e. The first-order chi connectivity index (χ1) is 14.2. The SMILES string of the molecule is COc1cc(CCNC(=O)OCC2c3ccccc3-c3ccccc32)ccc1O. The Hall–Kier alpha value is -3.47. The highest BCUT2D eigenvalue weighted by atomic mass is 16.5. The highest BCUT2D eigenvalue weighted by Gasteiger charge is 2.28. The second-order valence-corrected chi connectivity index (χ2v) is 7.01. The van der Waals surface area contributed by atoms with Gasteiger partial charge in [-0.05, 0) is 46.4 Å². The van der Waals surface area contributed by atoms with Crippen LogP contribution >= 0.6 is 0 Å². The van der Waals surface area contributed by atoms with Crippen LogP contribution in [-0.2, 0) is 11.2 Å². The molecule has 4 rings (SSSR count). The van der Waals surface area contributed by atoms with Gasteiger partial charge in [0.25, 0.3) is 0 Å². The Labute approximate surface area is 169 Å². The summed E-state index contributed by atoms with van der Waals surface area (Å²) in [4.78, 5) is 12.2. The van der Waals surface area contributed by atoms with Crippen molar-refractivity contribution >= 4 is 6.09 Å². The number of rotatable bonds is 6. The van der Waals surface area contributed by atoms with E-state index in [0.717, 1.165) is 5.56 Å². The minimum atomic E-state index is -0.433. The molecule has 5 heteroatoms. The Kier molecular flexibility index (Phi) is 5.38. The van der Waals surface area contributed by atoms with Crippen molar-refractivity contribution in [3.63, 3.8) is 0 Å². The average Bonchev–Trinajstić information content (AvgIpc) is 3.07. The number of amides is 1. The van der Waals surface area contributed by atoms with Crippen LogP contribution in [0.3, 0.4) is 0 Å². The molecule has 0 spiro atoms. The number of hydrogen-bond acceptors (Lipinski definition) is 4. The van der Waals surface area contributed by atoms with E-state index < -0.39 is 6.09 Å². The number of benzene rings is 3. The number of aromatic hydroxyl groups is 1. The lowest BCUT2D eigenvalue weighted by Gasteiger charge is -2.14. The van der Waals surface area contributed by atoms with Crippen LogP contribution in [0.1, 0.15) is 22.6 Å². The van der Waals surface area contributed by atoms with Crippen molar-refractivity contribution in [2.75, 3.05) is 20.3 Å². The molecule has 1 aliphatic carbocycles. The third kappa shape index (κ3) is 3.90. The van der Waals surface area contributed by atoms with E-state index in [9.17, 15) is 9.90 Å². The van der Waals surface area contributed by atoms with Gasteiger partial charge in [-0.25, -0.2) is 4.79 Å². The maximum absolute atomic E-state index is 12.2. The van der Waals surface area contributed by atoms with E-state index in [0.29, 0.717) is 25.3 Å². The Balaban J connectivity index is 1.33. The quantitative estimate of drug-likeness (QED) is 0.652. The van der Waals surface area contributed by atoms with Crippen LogP contribution in [0.25, 0.3) is 11.1 Å². The molecule has 0 aliphatic heterocycles. The maximum atomic E-state index is 12.2. The summed E-state index contributed by atoms with van der Waals surface area (Å²) in [6, 6.07) is 21.7. The first-order valence-electron chi connectivity index (χ1n) is 9.62. The molecule has 0 saturated heterocycles. The summed E-state index contributed by atoms with van der Waals surface area (Å²) in [5.74, 6) is 0.568. The lowest BCUT2D eigenvalue weighted by atomic mass is 9.98. The van der Waals surface area contributed by atoms with Crippen LogP contribution in [0.2, 0.25) is 0 Å². The molecular formula is C24H23NO4. The molecule has 0 unspecified atom stereocenters. The van der Waals surface area contributed by atoms with E-state index in [-0.39, 0.29) is 11.7 Å². The fourth-order valence-corrected chi connectivity index (χ4v) is 3.84. The average molecular weight is 389 g/mol. The van der Waals surface area contributed by atoms with E-state index in [2.05, 4.69) is 29.6 Å². The molecule has 1 amide bonds. The van der Waals surface area contributed by atoms with Gasteiger partial charge in [-0.2, -0.15) is 0 Å². The van der Waals surface area contributed by atoms with Crippen molar-refractivity contribution in [3.05, 3.63) is 83.4 Å². The standard InChI is InChI=1S/C24H23NO4/c1-28-23-14-16(10-11-22(23)26)12-13-25-24(27)29-15-21-19-8-4-2-6-17(19)18-7-3-5-9-20(18)21/h2-11,14,21,26H,12-13,15H2,1H3,(H,25,27). The van der Waals surface area contributed by atoms with Crippen LogP contribution in [0.15, 0.2) is 66.7 Å². The van der Waals surface area contributed by atoms with Gasteiger partial charge in [0, 0.05) is 12.5 Å². The van der Waals surface area contributed by atoms with Crippen molar-refractivity contribution in [3.8, 4) is 22.6 Å². The molecule has 5 nitrogen and oxygen atoms in total. The number of methoxy groups -OCH3 is 1. The minimum absolute atomic E-state index is 0.0505. The Morgan fingerprint density at radius 2 is 1.66 bits per heavy atom. The predicted molar refractivity (Wildman–Crippen MR) is 111 cm³/mol. The molecule has 0 fully saturated rings. The monoisotopic (exact) mass is 389 g/mol. The maximum Gasteiger partial charge on any atom is 0.407 e.